The molecule has 1 aromatic heterocycles. The number of ether oxygens (including phenoxy) is 1. The SMILES string of the molecule is CCOc1c(/C(C)=C/C(=O)Nc2cc(F)ccc2F)cc2c(-c3ccc(C)cc3C)coc2c1C. The number of amides is 1. The van der Waals surface area contributed by atoms with Crippen LogP contribution in [0.15, 0.2) is 59.2 Å². The fraction of sp³-hybridized carbons (Fsp3) is 0.207. The number of hydrogen-bond donors (Lipinski definition) is 1. The summed E-state index contributed by atoms with van der Waals surface area (Å²) < 4.78 is 39.4. The van der Waals surface area contributed by atoms with Crippen LogP contribution in [0.3, 0.4) is 0 Å². The van der Waals surface area contributed by atoms with Gasteiger partial charge in [-0.3, -0.25) is 4.79 Å². The molecule has 0 radical (unpaired) electrons. The van der Waals surface area contributed by atoms with Crippen LogP contribution < -0.4 is 10.1 Å². The average Bonchev–Trinajstić information content (AvgIpc) is 3.22. The van der Waals surface area contributed by atoms with Crippen LogP contribution in [-0.4, -0.2) is 12.5 Å². The summed E-state index contributed by atoms with van der Waals surface area (Å²) in [6.07, 6.45) is 3.09. The number of anilines is 1. The van der Waals surface area contributed by atoms with Gasteiger partial charge in [0.25, 0.3) is 0 Å². The van der Waals surface area contributed by atoms with E-state index in [-0.39, 0.29) is 5.69 Å². The number of nitrogens with one attached hydrogen (secondary N) is 1. The quantitative estimate of drug-likeness (QED) is 0.290. The van der Waals surface area contributed by atoms with E-state index in [9.17, 15) is 13.6 Å². The van der Waals surface area contributed by atoms with E-state index in [2.05, 4.69) is 37.4 Å². The van der Waals surface area contributed by atoms with Crippen LogP contribution in [0.1, 0.15) is 36.1 Å². The molecule has 3 aromatic carbocycles. The Balaban J connectivity index is 1.81. The third-order valence-corrected chi connectivity index (χ3v) is 5.96. The van der Waals surface area contributed by atoms with Crippen molar-refractivity contribution in [2.24, 2.45) is 0 Å². The Hall–Kier alpha value is -3.93. The van der Waals surface area contributed by atoms with E-state index < -0.39 is 17.5 Å². The van der Waals surface area contributed by atoms with Gasteiger partial charge in [-0.1, -0.05) is 23.8 Å². The molecule has 6 heteroatoms. The predicted molar refractivity (Wildman–Crippen MR) is 136 cm³/mol. The van der Waals surface area contributed by atoms with Gasteiger partial charge in [0.15, 0.2) is 0 Å². The molecule has 0 unspecified atom stereocenters. The highest BCUT2D eigenvalue weighted by molar-refractivity contribution is 6.06. The fourth-order valence-corrected chi connectivity index (χ4v) is 4.30. The molecule has 0 atom stereocenters. The summed E-state index contributed by atoms with van der Waals surface area (Å²) >= 11 is 0. The van der Waals surface area contributed by atoms with Crippen molar-refractivity contribution < 1.29 is 22.7 Å². The Kier molecular flexibility index (Phi) is 6.74. The normalized spacial score (nSPS) is 11.7. The lowest BCUT2D eigenvalue weighted by molar-refractivity contribution is -0.111. The van der Waals surface area contributed by atoms with Gasteiger partial charge < -0.3 is 14.5 Å². The third-order valence-electron chi connectivity index (χ3n) is 5.96. The van der Waals surface area contributed by atoms with Gasteiger partial charge in [-0.25, -0.2) is 8.78 Å². The van der Waals surface area contributed by atoms with Gasteiger partial charge in [0.2, 0.25) is 5.91 Å². The Morgan fingerprint density at radius 3 is 2.54 bits per heavy atom. The number of benzene rings is 3. The second-order valence-corrected chi connectivity index (χ2v) is 8.60. The number of rotatable bonds is 6. The minimum absolute atomic E-state index is 0.220. The van der Waals surface area contributed by atoms with Crippen LogP contribution in [-0.2, 0) is 4.79 Å². The molecule has 1 amide bonds. The highest BCUT2D eigenvalue weighted by atomic mass is 19.1. The average molecular weight is 476 g/mol. The Bertz CT molecular complexity index is 1470. The van der Waals surface area contributed by atoms with E-state index in [1.54, 1.807) is 13.2 Å². The first kappa shape index (κ1) is 24.2. The van der Waals surface area contributed by atoms with Crippen LogP contribution in [0.25, 0.3) is 27.7 Å². The van der Waals surface area contributed by atoms with E-state index in [4.69, 9.17) is 9.15 Å². The van der Waals surface area contributed by atoms with Crippen molar-refractivity contribution in [2.45, 2.75) is 34.6 Å². The highest BCUT2D eigenvalue weighted by Crippen LogP contribution is 2.41. The molecule has 0 bridgehead atoms. The lowest BCUT2D eigenvalue weighted by Crippen LogP contribution is -2.10. The van der Waals surface area contributed by atoms with Gasteiger partial charge in [-0.15, -0.1) is 0 Å². The molecule has 0 saturated heterocycles. The summed E-state index contributed by atoms with van der Waals surface area (Å²) in [7, 11) is 0. The van der Waals surface area contributed by atoms with Crippen molar-refractivity contribution in [1.29, 1.82) is 0 Å². The Morgan fingerprint density at radius 1 is 1.06 bits per heavy atom. The van der Waals surface area contributed by atoms with Crippen molar-refractivity contribution in [3.8, 4) is 16.9 Å². The van der Waals surface area contributed by atoms with Crippen LogP contribution >= 0.6 is 0 Å². The van der Waals surface area contributed by atoms with Gasteiger partial charge in [0.1, 0.15) is 23.0 Å². The summed E-state index contributed by atoms with van der Waals surface area (Å²) in [4.78, 5) is 12.7. The largest absolute Gasteiger partial charge is 0.493 e. The molecular weight excluding hydrogens is 448 g/mol. The maximum atomic E-state index is 14.0. The molecule has 35 heavy (non-hydrogen) atoms. The topological polar surface area (TPSA) is 51.5 Å². The van der Waals surface area contributed by atoms with Gasteiger partial charge >= 0.3 is 0 Å². The van der Waals surface area contributed by atoms with Crippen molar-refractivity contribution >= 4 is 28.1 Å². The first-order valence-corrected chi connectivity index (χ1v) is 11.4. The Morgan fingerprint density at radius 2 is 1.83 bits per heavy atom. The molecule has 0 aliphatic rings. The zero-order valence-electron chi connectivity index (χ0n) is 20.4. The molecule has 0 fully saturated rings. The zero-order chi connectivity index (χ0) is 25.3. The van der Waals surface area contributed by atoms with E-state index >= 15 is 0 Å². The lowest BCUT2D eigenvalue weighted by Gasteiger charge is -2.15. The number of furan rings is 1. The zero-order valence-corrected chi connectivity index (χ0v) is 20.4. The standard InChI is InChI=1S/C29H27F2NO3/c1-6-34-28-19(5)29-23(24(15-35-29)21-9-7-16(2)11-17(21)3)14-22(28)18(4)12-27(33)32-26-13-20(30)8-10-25(26)31/h7-15H,6H2,1-5H3,(H,32,33)/b18-12+. The summed E-state index contributed by atoms with van der Waals surface area (Å²) in [5.41, 5.74) is 6.96. The smallest absolute Gasteiger partial charge is 0.248 e. The van der Waals surface area contributed by atoms with E-state index in [0.717, 1.165) is 51.4 Å². The fourth-order valence-electron chi connectivity index (χ4n) is 4.30. The molecule has 0 aliphatic carbocycles. The number of hydrogen-bond acceptors (Lipinski definition) is 3. The summed E-state index contributed by atoms with van der Waals surface area (Å²) in [5, 5.41) is 3.31. The molecular formula is C29H27F2NO3. The molecule has 0 aliphatic heterocycles. The molecule has 4 aromatic rings. The molecule has 1 heterocycles. The Labute approximate surface area is 203 Å². The number of fused-ring (bicyclic) bond motifs is 1. The van der Waals surface area contributed by atoms with Gasteiger partial charge in [0.05, 0.1) is 18.6 Å². The van der Waals surface area contributed by atoms with Crippen LogP contribution in [0, 0.1) is 32.4 Å². The minimum atomic E-state index is -0.713. The molecule has 4 nitrogen and oxygen atoms in total. The monoisotopic (exact) mass is 475 g/mol. The van der Waals surface area contributed by atoms with Crippen molar-refractivity contribution in [3.05, 3.63) is 88.7 Å². The molecule has 0 saturated carbocycles. The van der Waals surface area contributed by atoms with E-state index in [1.807, 2.05) is 19.9 Å². The number of allylic oxidation sites excluding steroid dienone is 1. The van der Waals surface area contributed by atoms with Crippen LogP contribution in [0.2, 0.25) is 0 Å². The van der Waals surface area contributed by atoms with Gasteiger partial charge in [-0.05, 0) is 69.5 Å². The summed E-state index contributed by atoms with van der Waals surface area (Å²) in [6, 6.07) is 11.1. The number of carbonyl (C=O) groups excluding carboxylic acids is 1. The summed E-state index contributed by atoms with van der Waals surface area (Å²) in [6.45, 7) is 10.1. The summed E-state index contributed by atoms with van der Waals surface area (Å²) in [5.74, 6) is -1.32. The number of aryl methyl sites for hydroxylation is 3. The van der Waals surface area contributed by atoms with Crippen LogP contribution in [0.5, 0.6) is 5.75 Å². The maximum absolute atomic E-state index is 14.0. The third kappa shape index (κ3) is 4.83. The maximum Gasteiger partial charge on any atom is 0.248 e. The number of halogens is 2. The van der Waals surface area contributed by atoms with Crippen LogP contribution in [0.4, 0.5) is 14.5 Å². The highest BCUT2D eigenvalue weighted by Gasteiger charge is 2.20. The molecule has 180 valence electrons. The first-order valence-electron chi connectivity index (χ1n) is 11.4. The second kappa shape index (κ2) is 9.74. The number of carbonyl (C=O) groups is 1. The van der Waals surface area contributed by atoms with Crippen molar-refractivity contribution in [2.75, 3.05) is 11.9 Å². The van der Waals surface area contributed by atoms with Gasteiger partial charge in [-0.2, -0.15) is 0 Å². The minimum Gasteiger partial charge on any atom is -0.493 e. The van der Waals surface area contributed by atoms with Crippen molar-refractivity contribution in [3.63, 3.8) is 0 Å². The van der Waals surface area contributed by atoms with Gasteiger partial charge in [0, 0.05) is 34.2 Å². The molecule has 4 rings (SSSR count). The van der Waals surface area contributed by atoms with E-state index in [0.29, 0.717) is 23.5 Å². The molecule has 0 spiro atoms. The lowest BCUT2D eigenvalue weighted by atomic mass is 9.94. The van der Waals surface area contributed by atoms with Crippen molar-refractivity contribution in [1.82, 2.24) is 0 Å². The van der Waals surface area contributed by atoms with E-state index in [1.165, 1.54) is 11.6 Å². The predicted octanol–water partition coefficient (Wildman–Crippen LogP) is 7.74. The second-order valence-electron chi connectivity index (χ2n) is 8.60. The first-order chi connectivity index (χ1) is 16.7. The molecule has 1 N–H and O–H groups in total.